The summed E-state index contributed by atoms with van der Waals surface area (Å²) in [6.45, 7) is 4.34. The number of likely N-dealkylation sites (tertiary alicyclic amines) is 1. The average Bonchev–Trinajstić information content (AvgIpc) is 3.08. The second kappa shape index (κ2) is 6.30. The Kier molecular flexibility index (Phi) is 4.42. The quantitative estimate of drug-likeness (QED) is 0.945. The molecule has 1 fully saturated rings. The maximum absolute atomic E-state index is 6.16. The lowest BCUT2D eigenvalue weighted by Gasteiger charge is -2.37. The van der Waals surface area contributed by atoms with E-state index in [-0.39, 0.29) is 6.04 Å². The Morgan fingerprint density at radius 1 is 1.43 bits per heavy atom. The van der Waals surface area contributed by atoms with E-state index < -0.39 is 0 Å². The second-order valence-electron chi connectivity index (χ2n) is 6.06. The van der Waals surface area contributed by atoms with E-state index in [4.69, 9.17) is 5.73 Å². The summed E-state index contributed by atoms with van der Waals surface area (Å²) < 4.78 is 1.85. The van der Waals surface area contributed by atoms with Crippen molar-refractivity contribution >= 4 is 11.3 Å². The molecular formula is C16H24N4S. The van der Waals surface area contributed by atoms with Gasteiger partial charge in [-0.2, -0.15) is 5.10 Å². The minimum atomic E-state index is 0.253. The van der Waals surface area contributed by atoms with Gasteiger partial charge in [-0.15, -0.1) is 11.3 Å². The molecule has 0 aliphatic carbocycles. The molecular weight excluding hydrogens is 280 g/mol. The highest BCUT2D eigenvalue weighted by atomic mass is 32.1. The third-order valence-electron chi connectivity index (χ3n) is 4.28. The van der Waals surface area contributed by atoms with Gasteiger partial charge in [-0.25, -0.2) is 0 Å². The molecule has 2 aromatic heterocycles. The molecule has 114 valence electrons. The van der Waals surface area contributed by atoms with Crippen molar-refractivity contribution in [2.24, 2.45) is 12.8 Å². The van der Waals surface area contributed by atoms with Crippen molar-refractivity contribution in [2.75, 3.05) is 6.54 Å². The first-order valence-corrected chi connectivity index (χ1v) is 8.52. The van der Waals surface area contributed by atoms with Gasteiger partial charge >= 0.3 is 0 Å². The van der Waals surface area contributed by atoms with Gasteiger partial charge in [0.2, 0.25) is 0 Å². The van der Waals surface area contributed by atoms with Gasteiger partial charge in [-0.05, 0) is 38.4 Å². The topological polar surface area (TPSA) is 47.1 Å². The molecule has 0 amide bonds. The normalized spacial score (nSPS) is 21.6. The maximum atomic E-state index is 6.16. The highest BCUT2D eigenvalue weighted by Crippen LogP contribution is 2.30. The lowest BCUT2D eigenvalue weighted by Crippen LogP contribution is -2.48. The molecule has 0 aromatic carbocycles. The first kappa shape index (κ1) is 14.8. The lowest BCUT2D eigenvalue weighted by molar-refractivity contribution is 0.124. The van der Waals surface area contributed by atoms with Crippen molar-refractivity contribution in [2.45, 2.75) is 44.8 Å². The van der Waals surface area contributed by atoms with Crippen molar-refractivity contribution in [1.82, 2.24) is 14.7 Å². The Hall–Kier alpha value is -1.17. The van der Waals surface area contributed by atoms with Gasteiger partial charge in [0.15, 0.2) is 0 Å². The number of rotatable bonds is 4. The summed E-state index contributed by atoms with van der Waals surface area (Å²) in [5.41, 5.74) is 7.37. The standard InChI is InChI=1S/C16H24N4S/c1-12(17)15-5-3-4-8-20(15)11-14-6-7-16(21-14)13-9-18-19(2)10-13/h6-7,9-10,12,15H,3-5,8,11,17H2,1-2H3. The third kappa shape index (κ3) is 3.36. The fraction of sp³-hybridized carbons (Fsp3) is 0.562. The number of piperidine rings is 1. The molecule has 2 atom stereocenters. The van der Waals surface area contributed by atoms with E-state index in [0.717, 1.165) is 6.54 Å². The number of nitrogens with zero attached hydrogens (tertiary/aromatic N) is 3. The van der Waals surface area contributed by atoms with Crippen LogP contribution in [0.1, 0.15) is 31.1 Å². The summed E-state index contributed by atoms with van der Waals surface area (Å²) in [6.07, 6.45) is 7.85. The van der Waals surface area contributed by atoms with Gasteiger partial charge in [0.05, 0.1) is 6.20 Å². The summed E-state index contributed by atoms with van der Waals surface area (Å²) in [5.74, 6) is 0. The SMILES string of the molecule is CC(N)C1CCCCN1Cc1ccc(-c2cnn(C)c2)s1. The average molecular weight is 304 g/mol. The molecule has 3 heterocycles. The zero-order valence-electron chi connectivity index (χ0n) is 12.8. The maximum Gasteiger partial charge on any atom is 0.0576 e. The highest BCUT2D eigenvalue weighted by molar-refractivity contribution is 7.15. The summed E-state index contributed by atoms with van der Waals surface area (Å²) in [7, 11) is 1.96. The Labute approximate surface area is 130 Å². The van der Waals surface area contributed by atoms with E-state index >= 15 is 0 Å². The number of nitrogens with two attached hydrogens (primary N) is 1. The van der Waals surface area contributed by atoms with Gasteiger partial charge < -0.3 is 5.73 Å². The second-order valence-corrected chi connectivity index (χ2v) is 7.23. The van der Waals surface area contributed by atoms with E-state index in [1.165, 1.54) is 41.1 Å². The van der Waals surface area contributed by atoms with Gasteiger partial charge in [-0.1, -0.05) is 6.42 Å². The predicted octanol–water partition coefficient (Wildman–Crippen LogP) is 2.85. The molecule has 2 aromatic rings. The molecule has 1 aliphatic heterocycles. The van der Waals surface area contributed by atoms with Crippen LogP contribution in [0.2, 0.25) is 0 Å². The van der Waals surface area contributed by atoms with Gasteiger partial charge in [0, 0.05) is 47.2 Å². The largest absolute Gasteiger partial charge is 0.327 e. The molecule has 4 nitrogen and oxygen atoms in total. The van der Waals surface area contributed by atoms with Crippen LogP contribution in [0.5, 0.6) is 0 Å². The molecule has 2 N–H and O–H groups in total. The third-order valence-corrected chi connectivity index (χ3v) is 5.40. The van der Waals surface area contributed by atoms with Crippen molar-refractivity contribution < 1.29 is 0 Å². The zero-order valence-corrected chi connectivity index (χ0v) is 13.6. The Bertz CT molecular complexity index is 587. The minimum absolute atomic E-state index is 0.253. The van der Waals surface area contributed by atoms with Crippen LogP contribution in [0.4, 0.5) is 0 Å². The molecule has 0 spiro atoms. The van der Waals surface area contributed by atoms with Crippen LogP contribution in [0.15, 0.2) is 24.5 Å². The van der Waals surface area contributed by atoms with Gasteiger partial charge in [0.25, 0.3) is 0 Å². The van der Waals surface area contributed by atoms with Gasteiger partial charge in [-0.3, -0.25) is 9.58 Å². The lowest BCUT2D eigenvalue weighted by atomic mass is 9.97. The Morgan fingerprint density at radius 3 is 3.00 bits per heavy atom. The van der Waals surface area contributed by atoms with Crippen molar-refractivity contribution in [3.05, 3.63) is 29.4 Å². The van der Waals surface area contributed by atoms with Crippen LogP contribution in [-0.4, -0.2) is 33.3 Å². The Balaban J connectivity index is 1.71. The molecule has 3 rings (SSSR count). The summed E-state index contributed by atoms with van der Waals surface area (Å²) in [5, 5.41) is 4.25. The monoisotopic (exact) mass is 304 g/mol. The van der Waals surface area contributed by atoms with E-state index in [1.807, 2.05) is 29.3 Å². The molecule has 0 bridgehead atoms. The van der Waals surface area contributed by atoms with E-state index in [2.05, 4.69) is 35.3 Å². The van der Waals surface area contributed by atoms with Crippen molar-refractivity contribution in [1.29, 1.82) is 0 Å². The van der Waals surface area contributed by atoms with Crippen LogP contribution >= 0.6 is 11.3 Å². The van der Waals surface area contributed by atoms with E-state index in [9.17, 15) is 0 Å². The molecule has 21 heavy (non-hydrogen) atoms. The number of thiophene rings is 1. The van der Waals surface area contributed by atoms with Gasteiger partial charge in [0.1, 0.15) is 0 Å². The Morgan fingerprint density at radius 2 is 2.29 bits per heavy atom. The van der Waals surface area contributed by atoms with Crippen molar-refractivity contribution in [3.63, 3.8) is 0 Å². The molecule has 5 heteroatoms. The van der Waals surface area contributed by atoms with Crippen molar-refractivity contribution in [3.8, 4) is 10.4 Å². The summed E-state index contributed by atoms with van der Waals surface area (Å²) in [4.78, 5) is 5.28. The summed E-state index contributed by atoms with van der Waals surface area (Å²) >= 11 is 1.87. The fourth-order valence-electron chi connectivity index (χ4n) is 3.18. The zero-order chi connectivity index (χ0) is 14.8. The van der Waals surface area contributed by atoms with Crippen LogP contribution in [-0.2, 0) is 13.6 Å². The molecule has 2 unspecified atom stereocenters. The number of hydrogen-bond acceptors (Lipinski definition) is 4. The molecule has 1 saturated heterocycles. The highest BCUT2D eigenvalue weighted by Gasteiger charge is 2.25. The first-order valence-electron chi connectivity index (χ1n) is 7.71. The minimum Gasteiger partial charge on any atom is -0.327 e. The number of hydrogen-bond donors (Lipinski definition) is 1. The van der Waals surface area contributed by atoms with Crippen LogP contribution < -0.4 is 5.73 Å². The molecule has 0 radical (unpaired) electrons. The van der Waals surface area contributed by atoms with Crippen LogP contribution in [0.25, 0.3) is 10.4 Å². The number of aryl methyl sites for hydroxylation is 1. The van der Waals surface area contributed by atoms with E-state index in [0.29, 0.717) is 6.04 Å². The molecule has 0 saturated carbocycles. The predicted molar refractivity (Wildman–Crippen MR) is 88.2 cm³/mol. The number of aromatic nitrogens is 2. The molecule has 1 aliphatic rings. The van der Waals surface area contributed by atoms with Crippen LogP contribution in [0.3, 0.4) is 0 Å². The fourth-order valence-corrected chi connectivity index (χ4v) is 4.18. The summed E-state index contributed by atoms with van der Waals surface area (Å²) in [6, 6.07) is 5.24. The van der Waals surface area contributed by atoms with E-state index in [1.54, 1.807) is 0 Å². The first-order chi connectivity index (χ1) is 10.1. The van der Waals surface area contributed by atoms with Crippen LogP contribution in [0, 0.1) is 0 Å². The smallest absolute Gasteiger partial charge is 0.0576 e.